The Morgan fingerprint density at radius 3 is 1.46 bits per heavy atom. The summed E-state index contributed by atoms with van der Waals surface area (Å²) < 4.78 is 8.56. The van der Waals surface area contributed by atoms with E-state index in [1.165, 1.54) is 11.1 Å². The minimum atomic E-state index is 0.610. The molecule has 0 atom stereocenters. The van der Waals surface area contributed by atoms with Crippen LogP contribution >= 0.6 is 0 Å². The molecule has 0 fully saturated rings. The first-order valence-corrected chi connectivity index (χ1v) is 16.8. The topological polar surface area (TPSA) is 43.9 Å². The molecule has 3 heterocycles. The zero-order valence-corrected chi connectivity index (χ0v) is 27.0. The number of para-hydroxylation sites is 2. The maximum absolute atomic E-state index is 6.37. The van der Waals surface area contributed by atoms with E-state index in [2.05, 4.69) is 156 Å². The Balaban J connectivity index is 1.19. The van der Waals surface area contributed by atoms with Crippen LogP contribution in [0.1, 0.15) is 0 Å². The predicted molar refractivity (Wildman–Crippen MR) is 205 cm³/mol. The van der Waals surface area contributed by atoms with Crippen molar-refractivity contribution in [3.05, 3.63) is 176 Å². The monoisotopic (exact) mass is 639 g/mol. The summed E-state index contributed by atoms with van der Waals surface area (Å²) in [5, 5.41) is 4.49. The van der Waals surface area contributed by atoms with E-state index in [1.54, 1.807) is 0 Å². The number of nitrogens with zero attached hydrogens (tertiary/aromatic N) is 3. The van der Waals surface area contributed by atoms with Gasteiger partial charge in [-0.25, -0.2) is 9.97 Å². The number of rotatable bonds is 5. The van der Waals surface area contributed by atoms with E-state index < -0.39 is 0 Å². The molecule has 0 N–H and O–H groups in total. The lowest BCUT2D eigenvalue weighted by Gasteiger charge is -2.12. The molecule has 4 nitrogen and oxygen atoms in total. The Morgan fingerprint density at radius 2 is 0.840 bits per heavy atom. The number of benzene rings is 7. The molecule has 50 heavy (non-hydrogen) atoms. The maximum Gasteiger partial charge on any atom is 0.235 e. The predicted octanol–water partition coefficient (Wildman–Crippen LogP) is 12.1. The number of furan rings is 1. The zero-order chi connectivity index (χ0) is 33.0. The highest BCUT2D eigenvalue weighted by Gasteiger charge is 2.19. The van der Waals surface area contributed by atoms with Gasteiger partial charge in [-0.1, -0.05) is 146 Å². The van der Waals surface area contributed by atoms with E-state index in [1.807, 2.05) is 24.3 Å². The van der Waals surface area contributed by atoms with E-state index in [9.17, 15) is 0 Å². The van der Waals surface area contributed by atoms with E-state index >= 15 is 0 Å². The van der Waals surface area contributed by atoms with Crippen LogP contribution in [-0.2, 0) is 0 Å². The van der Waals surface area contributed by atoms with Gasteiger partial charge in [-0.2, -0.15) is 0 Å². The third kappa shape index (κ3) is 4.69. The van der Waals surface area contributed by atoms with Gasteiger partial charge in [-0.15, -0.1) is 0 Å². The van der Waals surface area contributed by atoms with Crippen LogP contribution in [0.3, 0.4) is 0 Å². The van der Waals surface area contributed by atoms with Crippen molar-refractivity contribution in [2.75, 3.05) is 0 Å². The van der Waals surface area contributed by atoms with Crippen molar-refractivity contribution >= 4 is 43.7 Å². The van der Waals surface area contributed by atoms with Crippen molar-refractivity contribution in [2.24, 2.45) is 0 Å². The summed E-state index contributed by atoms with van der Waals surface area (Å²) in [5.74, 6) is 0.610. The number of hydrogen-bond acceptors (Lipinski definition) is 3. The molecule has 0 unspecified atom stereocenters. The fraction of sp³-hybridized carbons (Fsp3) is 0. The van der Waals surface area contributed by atoms with Crippen LogP contribution in [0.25, 0.3) is 94.5 Å². The van der Waals surface area contributed by atoms with Crippen LogP contribution in [0.4, 0.5) is 0 Å². The summed E-state index contributed by atoms with van der Waals surface area (Å²) in [6, 6.07) is 61.4. The first-order chi connectivity index (χ1) is 24.8. The first-order valence-electron chi connectivity index (χ1n) is 16.8. The largest absolute Gasteiger partial charge is 0.456 e. The van der Waals surface area contributed by atoms with Crippen LogP contribution in [0.5, 0.6) is 0 Å². The molecule has 10 aromatic rings. The Morgan fingerprint density at radius 1 is 0.340 bits per heavy atom. The van der Waals surface area contributed by atoms with Gasteiger partial charge >= 0.3 is 0 Å². The van der Waals surface area contributed by atoms with Crippen LogP contribution < -0.4 is 0 Å². The molecule has 3 aromatic heterocycles. The van der Waals surface area contributed by atoms with Crippen LogP contribution in [0.15, 0.2) is 180 Å². The number of hydrogen-bond donors (Lipinski definition) is 0. The Labute approximate surface area is 288 Å². The number of fused-ring (bicyclic) bond motifs is 6. The van der Waals surface area contributed by atoms with Gasteiger partial charge in [-0.3, -0.25) is 4.57 Å². The molecular formula is C46H29N3O. The molecular weight excluding hydrogens is 611 g/mol. The summed E-state index contributed by atoms with van der Waals surface area (Å²) in [6.45, 7) is 0. The molecule has 7 aromatic carbocycles. The molecule has 4 heteroatoms. The molecule has 0 saturated carbocycles. The second kappa shape index (κ2) is 11.4. The van der Waals surface area contributed by atoms with Crippen molar-refractivity contribution in [1.82, 2.24) is 14.5 Å². The molecule has 0 saturated heterocycles. The lowest BCUT2D eigenvalue weighted by atomic mass is 10.0. The molecule has 0 amide bonds. The second-order valence-electron chi connectivity index (χ2n) is 12.6. The Bertz CT molecular complexity index is 2730. The molecule has 234 valence electrons. The smallest absolute Gasteiger partial charge is 0.235 e. The average Bonchev–Trinajstić information content (AvgIpc) is 3.72. The lowest BCUT2D eigenvalue weighted by molar-refractivity contribution is 0.669. The van der Waals surface area contributed by atoms with Gasteiger partial charge in [0.25, 0.3) is 0 Å². The van der Waals surface area contributed by atoms with Gasteiger partial charge in [0.2, 0.25) is 5.95 Å². The Kier molecular flexibility index (Phi) is 6.46. The molecule has 10 rings (SSSR count). The van der Waals surface area contributed by atoms with Crippen LogP contribution in [0, 0.1) is 0 Å². The molecule has 0 bridgehead atoms. The standard InChI is InChI=1S/C46H29N3O/c1-3-11-30(12-4-1)32-19-23-34(24-20-32)40-28-41(35-25-21-33(22-26-35)31-13-5-2-6-14-31)48-46(47-40)49-42-17-9-7-15-36(42)38-27-39-37-16-8-10-18-44(37)50-45(39)29-43(38)49/h1-29H. The number of aromatic nitrogens is 3. The summed E-state index contributed by atoms with van der Waals surface area (Å²) >= 11 is 0. The van der Waals surface area contributed by atoms with Crippen molar-refractivity contribution < 1.29 is 4.42 Å². The van der Waals surface area contributed by atoms with E-state index in [4.69, 9.17) is 14.4 Å². The van der Waals surface area contributed by atoms with Gasteiger partial charge in [0.15, 0.2) is 0 Å². The molecule has 0 aliphatic heterocycles. The second-order valence-corrected chi connectivity index (χ2v) is 12.6. The third-order valence-corrected chi connectivity index (χ3v) is 9.66. The third-order valence-electron chi connectivity index (χ3n) is 9.66. The van der Waals surface area contributed by atoms with Gasteiger partial charge in [0, 0.05) is 38.7 Å². The van der Waals surface area contributed by atoms with Gasteiger partial charge in [0.1, 0.15) is 11.2 Å². The quantitative estimate of drug-likeness (QED) is 0.188. The molecule has 0 radical (unpaired) electrons. The van der Waals surface area contributed by atoms with Crippen molar-refractivity contribution in [1.29, 1.82) is 0 Å². The summed E-state index contributed by atoms with van der Waals surface area (Å²) in [6.07, 6.45) is 0. The van der Waals surface area contributed by atoms with Crippen LogP contribution in [-0.4, -0.2) is 14.5 Å². The molecule has 0 aliphatic carbocycles. The minimum absolute atomic E-state index is 0.610. The van der Waals surface area contributed by atoms with Crippen molar-refractivity contribution in [2.45, 2.75) is 0 Å². The van der Waals surface area contributed by atoms with Crippen molar-refractivity contribution in [3.8, 4) is 50.7 Å². The summed E-state index contributed by atoms with van der Waals surface area (Å²) in [7, 11) is 0. The highest BCUT2D eigenvalue weighted by Crippen LogP contribution is 2.38. The highest BCUT2D eigenvalue weighted by atomic mass is 16.3. The van der Waals surface area contributed by atoms with Gasteiger partial charge < -0.3 is 4.42 Å². The highest BCUT2D eigenvalue weighted by molar-refractivity contribution is 6.17. The SMILES string of the molecule is c1ccc(-c2ccc(-c3cc(-c4ccc(-c5ccccc5)cc4)nc(-n4c5ccccc5c5cc6c(cc54)oc4ccccc46)n3)cc2)cc1. The first kappa shape index (κ1) is 28.3. The zero-order valence-electron chi connectivity index (χ0n) is 27.0. The van der Waals surface area contributed by atoms with Gasteiger partial charge in [0.05, 0.1) is 22.4 Å². The summed E-state index contributed by atoms with van der Waals surface area (Å²) in [4.78, 5) is 10.6. The normalized spacial score (nSPS) is 11.6. The van der Waals surface area contributed by atoms with Crippen LogP contribution in [0.2, 0.25) is 0 Å². The summed E-state index contributed by atoms with van der Waals surface area (Å²) in [5.41, 5.74) is 12.2. The van der Waals surface area contributed by atoms with E-state index in [-0.39, 0.29) is 0 Å². The van der Waals surface area contributed by atoms with E-state index in [0.29, 0.717) is 5.95 Å². The molecule has 0 spiro atoms. The van der Waals surface area contributed by atoms with E-state index in [0.717, 1.165) is 77.4 Å². The van der Waals surface area contributed by atoms with Gasteiger partial charge in [-0.05, 0) is 46.5 Å². The molecule has 0 aliphatic rings. The lowest BCUT2D eigenvalue weighted by Crippen LogP contribution is -2.04. The fourth-order valence-electron chi connectivity index (χ4n) is 7.16. The fourth-order valence-corrected chi connectivity index (χ4v) is 7.16. The Hall–Kier alpha value is -6.78. The van der Waals surface area contributed by atoms with Crippen molar-refractivity contribution in [3.63, 3.8) is 0 Å². The minimum Gasteiger partial charge on any atom is -0.456 e. The maximum atomic E-state index is 6.37. The average molecular weight is 640 g/mol.